The van der Waals surface area contributed by atoms with Crippen LogP contribution in [0.25, 0.3) is 0 Å². The Bertz CT molecular complexity index is 685. The molecular formula is C13H12N2O4S2. The molecule has 0 aromatic carbocycles. The third-order valence-corrected chi connectivity index (χ3v) is 4.68. The number of pyridine rings is 1. The lowest BCUT2D eigenvalue weighted by Gasteiger charge is -2.00. The Kier molecular flexibility index (Phi) is 4.92. The molecule has 2 rings (SSSR count). The summed E-state index contributed by atoms with van der Waals surface area (Å²) >= 11 is 2.60. The average molecular weight is 324 g/mol. The summed E-state index contributed by atoms with van der Waals surface area (Å²) in [6.07, 6.45) is 1.48. The van der Waals surface area contributed by atoms with Crippen LogP contribution in [0, 0.1) is 6.92 Å². The molecule has 0 unspecified atom stereocenters. The van der Waals surface area contributed by atoms with Crippen LogP contribution in [0.5, 0.6) is 0 Å². The molecule has 0 aliphatic carbocycles. The van der Waals surface area contributed by atoms with Gasteiger partial charge in [0.25, 0.3) is 0 Å². The van der Waals surface area contributed by atoms with Gasteiger partial charge in [-0.15, -0.1) is 11.3 Å². The maximum Gasteiger partial charge on any atom is 0.337 e. The Labute approximate surface area is 129 Å². The minimum Gasteiger partial charge on any atom is -0.481 e. The second-order valence-electron chi connectivity index (χ2n) is 4.04. The van der Waals surface area contributed by atoms with Crippen molar-refractivity contribution in [1.82, 2.24) is 9.97 Å². The monoisotopic (exact) mass is 324 g/mol. The smallest absolute Gasteiger partial charge is 0.337 e. The molecule has 8 heteroatoms. The van der Waals surface area contributed by atoms with Gasteiger partial charge in [-0.1, -0.05) is 0 Å². The largest absolute Gasteiger partial charge is 0.481 e. The molecule has 0 aliphatic rings. The highest BCUT2D eigenvalue weighted by Gasteiger charge is 2.13. The van der Waals surface area contributed by atoms with E-state index in [4.69, 9.17) is 5.11 Å². The molecule has 0 aliphatic heterocycles. The van der Waals surface area contributed by atoms with Crippen LogP contribution in [-0.4, -0.2) is 34.1 Å². The topological polar surface area (TPSA) is 89.4 Å². The van der Waals surface area contributed by atoms with Crippen molar-refractivity contribution in [3.05, 3.63) is 34.5 Å². The predicted octanol–water partition coefficient (Wildman–Crippen LogP) is 2.41. The van der Waals surface area contributed by atoms with Crippen molar-refractivity contribution >= 4 is 35.0 Å². The Morgan fingerprint density at radius 3 is 2.90 bits per heavy atom. The van der Waals surface area contributed by atoms with E-state index in [-0.39, 0.29) is 6.42 Å². The molecule has 2 aromatic heterocycles. The molecule has 21 heavy (non-hydrogen) atoms. The fourth-order valence-corrected chi connectivity index (χ4v) is 3.71. The van der Waals surface area contributed by atoms with Crippen molar-refractivity contribution in [3.8, 4) is 0 Å². The van der Waals surface area contributed by atoms with Crippen molar-refractivity contribution in [3.63, 3.8) is 0 Å². The van der Waals surface area contributed by atoms with Gasteiger partial charge < -0.3 is 9.84 Å². The summed E-state index contributed by atoms with van der Waals surface area (Å²) in [5.74, 6) is -1.31. The van der Waals surface area contributed by atoms with Gasteiger partial charge in [-0.3, -0.25) is 4.79 Å². The summed E-state index contributed by atoms with van der Waals surface area (Å²) in [5, 5.41) is 9.43. The standard InChI is InChI=1S/C13H12N2O4S2/c1-7-9(6-11(16)17)20-13(15-7)21-10-5-8(3-4-14-10)12(18)19-2/h3-5H,6H2,1-2H3,(H,16,17). The summed E-state index contributed by atoms with van der Waals surface area (Å²) in [6, 6.07) is 3.18. The Hall–Kier alpha value is -1.93. The molecule has 110 valence electrons. The van der Waals surface area contributed by atoms with E-state index in [1.807, 2.05) is 0 Å². The van der Waals surface area contributed by atoms with E-state index < -0.39 is 11.9 Å². The molecule has 0 fully saturated rings. The van der Waals surface area contributed by atoms with E-state index in [9.17, 15) is 9.59 Å². The number of carbonyl (C=O) groups excluding carboxylic acids is 1. The van der Waals surface area contributed by atoms with Gasteiger partial charge in [-0.05, 0) is 30.8 Å². The summed E-state index contributed by atoms with van der Waals surface area (Å²) in [6.45, 7) is 1.77. The Morgan fingerprint density at radius 1 is 1.48 bits per heavy atom. The first-order valence-electron chi connectivity index (χ1n) is 5.90. The van der Waals surface area contributed by atoms with Crippen molar-refractivity contribution in [1.29, 1.82) is 0 Å². The van der Waals surface area contributed by atoms with E-state index in [1.165, 1.54) is 36.4 Å². The number of carboxylic acid groups (broad SMARTS) is 1. The lowest BCUT2D eigenvalue weighted by molar-refractivity contribution is -0.136. The SMILES string of the molecule is COC(=O)c1ccnc(Sc2nc(C)c(CC(=O)O)s2)c1. The number of aryl methyl sites for hydroxylation is 1. The van der Waals surface area contributed by atoms with Crippen molar-refractivity contribution in [2.24, 2.45) is 0 Å². The quantitative estimate of drug-likeness (QED) is 0.845. The predicted molar refractivity (Wildman–Crippen MR) is 77.9 cm³/mol. The van der Waals surface area contributed by atoms with E-state index in [1.54, 1.807) is 19.1 Å². The molecule has 0 amide bonds. The second-order valence-corrected chi connectivity index (χ2v) is 6.39. The van der Waals surface area contributed by atoms with Crippen LogP contribution in [0.3, 0.4) is 0 Å². The van der Waals surface area contributed by atoms with Gasteiger partial charge in [-0.2, -0.15) is 0 Å². The number of esters is 1. The normalized spacial score (nSPS) is 10.4. The highest BCUT2D eigenvalue weighted by Crippen LogP contribution is 2.32. The molecule has 1 N–H and O–H groups in total. The second kappa shape index (κ2) is 6.68. The van der Waals surface area contributed by atoms with Gasteiger partial charge in [0, 0.05) is 11.1 Å². The summed E-state index contributed by atoms with van der Waals surface area (Å²) in [7, 11) is 1.32. The van der Waals surface area contributed by atoms with Gasteiger partial charge in [-0.25, -0.2) is 14.8 Å². The number of hydrogen-bond donors (Lipinski definition) is 1. The fraction of sp³-hybridized carbons (Fsp3) is 0.231. The first-order chi connectivity index (χ1) is 9.99. The fourth-order valence-electron chi connectivity index (χ4n) is 1.55. The van der Waals surface area contributed by atoms with Crippen LogP contribution < -0.4 is 0 Å². The number of aliphatic carboxylic acids is 1. The molecule has 2 heterocycles. The molecule has 0 saturated carbocycles. The summed E-state index contributed by atoms with van der Waals surface area (Å²) in [5.41, 5.74) is 1.11. The zero-order valence-electron chi connectivity index (χ0n) is 11.3. The van der Waals surface area contributed by atoms with E-state index in [0.29, 0.717) is 25.5 Å². The average Bonchev–Trinajstić information content (AvgIpc) is 2.77. The molecule has 0 spiro atoms. The van der Waals surface area contributed by atoms with Crippen molar-refractivity contribution in [2.75, 3.05) is 7.11 Å². The Balaban J connectivity index is 2.18. The van der Waals surface area contributed by atoms with Crippen LogP contribution in [0.4, 0.5) is 0 Å². The lowest BCUT2D eigenvalue weighted by Crippen LogP contribution is -2.01. The first kappa shape index (κ1) is 15.5. The highest BCUT2D eigenvalue weighted by atomic mass is 32.2. The molecule has 0 radical (unpaired) electrons. The number of aromatic nitrogens is 2. The first-order valence-corrected chi connectivity index (χ1v) is 7.53. The third-order valence-electron chi connectivity index (χ3n) is 2.53. The zero-order valence-corrected chi connectivity index (χ0v) is 13.0. The number of nitrogens with zero attached hydrogens (tertiary/aromatic N) is 2. The maximum absolute atomic E-state index is 11.5. The van der Waals surface area contributed by atoms with Gasteiger partial charge in [0.15, 0.2) is 4.34 Å². The molecular weight excluding hydrogens is 312 g/mol. The molecule has 0 bridgehead atoms. The maximum atomic E-state index is 11.5. The summed E-state index contributed by atoms with van der Waals surface area (Å²) < 4.78 is 5.35. The number of thiazole rings is 1. The number of carboxylic acids is 1. The van der Waals surface area contributed by atoms with Crippen LogP contribution in [0.15, 0.2) is 27.7 Å². The number of hydrogen-bond acceptors (Lipinski definition) is 7. The molecule has 0 atom stereocenters. The summed E-state index contributed by atoms with van der Waals surface area (Å²) in [4.78, 5) is 31.4. The minimum atomic E-state index is -0.885. The molecule has 0 saturated heterocycles. The van der Waals surface area contributed by atoms with Crippen LogP contribution in [0.1, 0.15) is 20.9 Å². The van der Waals surface area contributed by atoms with Crippen molar-refractivity contribution in [2.45, 2.75) is 22.7 Å². The van der Waals surface area contributed by atoms with E-state index in [2.05, 4.69) is 14.7 Å². The van der Waals surface area contributed by atoms with Crippen molar-refractivity contribution < 1.29 is 19.4 Å². The van der Waals surface area contributed by atoms with Crippen LogP contribution in [0.2, 0.25) is 0 Å². The van der Waals surface area contributed by atoms with Gasteiger partial charge in [0.2, 0.25) is 0 Å². The zero-order chi connectivity index (χ0) is 15.4. The number of methoxy groups -OCH3 is 1. The van der Waals surface area contributed by atoms with Crippen LogP contribution >= 0.6 is 23.1 Å². The minimum absolute atomic E-state index is 0.0420. The number of ether oxygens (including phenoxy) is 1. The van der Waals surface area contributed by atoms with E-state index in [0.717, 1.165) is 0 Å². The molecule has 2 aromatic rings. The Morgan fingerprint density at radius 2 is 2.24 bits per heavy atom. The van der Waals surface area contributed by atoms with Gasteiger partial charge in [0.1, 0.15) is 5.03 Å². The number of rotatable bonds is 5. The number of carbonyl (C=O) groups is 2. The van der Waals surface area contributed by atoms with Gasteiger partial charge >= 0.3 is 11.9 Å². The van der Waals surface area contributed by atoms with Crippen LogP contribution in [-0.2, 0) is 16.0 Å². The lowest BCUT2D eigenvalue weighted by atomic mass is 10.3. The molecule has 6 nitrogen and oxygen atoms in total. The highest BCUT2D eigenvalue weighted by molar-refractivity contribution is 8.01. The van der Waals surface area contributed by atoms with E-state index >= 15 is 0 Å². The van der Waals surface area contributed by atoms with Gasteiger partial charge in [0.05, 0.1) is 24.8 Å². The third kappa shape index (κ3) is 4.02.